The average Bonchev–Trinajstić information content (AvgIpc) is 3.36. The Balaban J connectivity index is 1.41. The number of pyridine rings is 1. The lowest BCUT2D eigenvalue weighted by atomic mass is 9.78. The second kappa shape index (κ2) is 6.91. The molecule has 0 bridgehead atoms. The molecule has 7 rings (SSSR count). The van der Waals surface area contributed by atoms with Gasteiger partial charge >= 0.3 is 0 Å². The summed E-state index contributed by atoms with van der Waals surface area (Å²) in [6.45, 7) is 4.66. The van der Waals surface area contributed by atoms with Crippen LogP contribution in [0.5, 0.6) is 0 Å². The highest BCUT2D eigenvalue weighted by Crippen LogP contribution is 2.53. The lowest BCUT2D eigenvalue weighted by molar-refractivity contribution is 0.648. The van der Waals surface area contributed by atoms with E-state index in [1.807, 2.05) is 36.5 Å². The SMILES string of the molecule is CC1(C)c2cc3oc4ccccc4c3cc2-c2cccc(-c3ccc(-c4ccccn4)cc3)c21. The highest BCUT2D eigenvalue weighted by atomic mass is 16.3. The molecule has 0 saturated carbocycles. The van der Waals surface area contributed by atoms with Gasteiger partial charge in [-0.2, -0.15) is 0 Å². The zero-order valence-corrected chi connectivity index (χ0v) is 19.2. The van der Waals surface area contributed by atoms with E-state index in [1.165, 1.54) is 44.2 Å². The predicted molar refractivity (Wildman–Crippen MR) is 140 cm³/mol. The molecule has 0 unspecified atom stereocenters. The van der Waals surface area contributed by atoms with Crippen molar-refractivity contribution in [1.82, 2.24) is 4.98 Å². The van der Waals surface area contributed by atoms with Gasteiger partial charge in [0.25, 0.3) is 0 Å². The molecule has 162 valence electrons. The van der Waals surface area contributed by atoms with E-state index in [4.69, 9.17) is 4.42 Å². The quantitative estimate of drug-likeness (QED) is 0.271. The Morgan fingerprint density at radius 1 is 0.618 bits per heavy atom. The first-order valence-electron chi connectivity index (χ1n) is 11.7. The Morgan fingerprint density at radius 2 is 1.38 bits per heavy atom. The number of hydrogen-bond donors (Lipinski definition) is 0. The topological polar surface area (TPSA) is 26.0 Å². The number of para-hydroxylation sites is 1. The molecular formula is C32H23NO. The largest absolute Gasteiger partial charge is 0.456 e. The fraction of sp³-hybridized carbons (Fsp3) is 0.0938. The zero-order valence-electron chi connectivity index (χ0n) is 19.2. The fourth-order valence-electron chi connectivity index (χ4n) is 5.69. The van der Waals surface area contributed by atoms with Gasteiger partial charge in [-0.15, -0.1) is 0 Å². The van der Waals surface area contributed by atoms with Gasteiger partial charge in [0.1, 0.15) is 11.2 Å². The maximum atomic E-state index is 6.23. The predicted octanol–water partition coefficient (Wildman–Crippen LogP) is 8.62. The van der Waals surface area contributed by atoms with Crippen LogP contribution in [0.4, 0.5) is 0 Å². The van der Waals surface area contributed by atoms with Crippen LogP contribution in [0.1, 0.15) is 25.0 Å². The fourth-order valence-corrected chi connectivity index (χ4v) is 5.69. The van der Waals surface area contributed by atoms with E-state index in [-0.39, 0.29) is 5.41 Å². The minimum atomic E-state index is -0.131. The molecule has 1 aliphatic carbocycles. The van der Waals surface area contributed by atoms with Gasteiger partial charge in [0.05, 0.1) is 5.69 Å². The number of fused-ring (bicyclic) bond motifs is 6. The first-order valence-corrected chi connectivity index (χ1v) is 11.7. The van der Waals surface area contributed by atoms with Gasteiger partial charge in [0.15, 0.2) is 0 Å². The van der Waals surface area contributed by atoms with E-state index in [2.05, 4.69) is 85.6 Å². The summed E-state index contributed by atoms with van der Waals surface area (Å²) in [5, 5.41) is 2.36. The minimum Gasteiger partial charge on any atom is -0.456 e. The first kappa shape index (κ1) is 19.3. The number of hydrogen-bond acceptors (Lipinski definition) is 2. The third kappa shape index (κ3) is 2.66. The van der Waals surface area contributed by atoms with Crippen LogP contribution in [0.25, 0.3) is 55.4 Å². The van der Waals surface area contributed by atoms with Crippen molar-refractivity contribution < 1.29 is 4.42 Å². The first-order chi connectivity index (χ1) is 16.6. The van der Waals surface area contributed by atoms with Crippen LogP contribution < -0.4 is 0 Å². The van der Waals surface area contributed by atoms with Crippen molar-refractivity contribution >= 4 is 21.9 Å². The smallest absolute Gasteiger partial charge is 0.135 e. The molecule has 2 aromatic heterocycles. The Morgan fingerprint density at radius 3 is 2.21 bits per heavy atom. The van der Waals surface area contributed by atoms with Gasteiger partial charge in [-0.3, -0.25) is 4.98 Å². The number of rotatable bonds is 2. The summed E-state index contributed by atoms with van der Waals surface area (Å²) >= 11 is 0. The molecular weight excluding hydrogens is 414 g/mol. The van der Waals surface area contributed by atoms with Crippen molar-refractivity contribution in [2.24, 2.45) is 0 Å². The van der Waals surface area contributed by atoms with Gasteiger partial charge in [0, 0.05) is 27.9 Å². The van der Waals surface area contributed by atoms with Gasteiger partial charge in [-0.05, 0) is 63.7 Å². The van der Waals surface area contributed by atoms with Crippen LogP contribution in [0.2, 0.25) is 0 Å². The number of nitrogens with zero attached hydrogens (tertiary/aromatic N) is 1. The van der Waals surface area contributed by atoms with Gasteiger partial charge in [-0.25, -0.2) is 0 Å². The van der Waals surface area contributed by atoms with Crippen LogP contribution in [-0.4, -0.2) is 4.98 Å². The molecule has 6 aromatic rings. The summed E-state index contributed by atoms with van der Waals surface area (Å²) in [6, 6.07) is 34.4. The molecule has 4 aromatic carbocycles. The Kier molecular flexibility index (Phi) is 3.93. The summed E-state index contributed by atoms with van der Waals surface area (Å²) < 4.78 is 6.23. The Hall–Kier alpha value is -4.17. The molecule has 2 nitrogen and oxygen atoms in total. The van der Waals surface area contributed by atoms with E-state index >= 15 is 0 Å². The highest BCUT2D eigenvalue weighted by Gasteiger charge is 2.38. The zero-order chi connectivity index (χ0) is 22.9. The molecule has 1 aliphatic rings. The maximum absolute atomic E-state index is 6.23. The van der Waals surface area contributed by atoms with E-state index in [0.29, 0.717) is 0 Å². The second-order valence-corrected chi connectivity index (χ2v) is 9.64. The maximum Gasteiger partial charge on any atom is 0.135 e. The summed E-state index contributed by atoms with van der Waals surface area (Å²) in [5.74, 6) is 0. The van der Waals surface area contributed by atoms with E-state index < -0.39 is 0 Å². The summed E-state index contributed by atoms with van der Waals surface area (Å²) in [7, 11) is 0. The van der Waals surface area contributed by atoms with Crippen molar-refractivity contribution in [3.05, 3.63) is 114 Å². The minimum absolute atomic E-state index is 0.131. The van der Waals surface area contributed by atoms with Crippen LogP contribution in [0.15, 0.2) is 108 Å². The summed E-state index contributed by atoms with van der Waals surface area (Å²) in [5.41, 5.74) is 11.8. The van der Waals surface area contributed by atoms with Crippen LogP contribution >= 0.6 is 0 Å². The average molecular weight is 438 g/mol. The van der Waals surface area contributed by atoms with Crippen molar-refractivity contribution in [3.8, 4) is 33.5 Å². The lowest BCUT2D eigenvalue weighted by Crippen LogP contribution is -2.16. The number of furan rings is 1. The standard InChI is InChI=1S/C32H23NO/c1-32(2)27-19-30-26(23-8-3-4-12-29(23)34-30)18-25(27)24-10-7-9-22(31(24)32)20-13-15-21(16-14-20)28-11-5-6-17-33-28/h3-19H,1-2H3. The number of aromatic nitrogens is 1. The third-order valence-electron chi connectivity index (χ3n) is 7.33. The van der Waals surface area contributed by atoms with Crippen LogP contribution in [0, 0.1) is 0 Å². The monoisotopic (exact) mass is 437 g/mol. The molecule has 0 N–H and O–H groups in total. The molecule has 0 saturated heterocycles. The normalized spacial score (nSPS) is 13.8. The lowest BCUT2D eigenvalue weighted by Gasteiger charge is -2.24. The van der Waals surface area contributed by atoms with Gasteiger partial charge < -0.3 is 4.42 Å². The molecule has 34 heavy (non-hydrogen) atoms. The van der Waals surface area contributed by atoms with Crippen molar-refractivity contribution in [1.29, 1.82) is 0 Å². The van der Waals surface area contributed by atoms with Crippen LogP contribution in [-0.2, 0) is 5.41 Å². The van der Waals surface area contributed by atoms with Crippen molar-refractivity contribution in [2.75, 3.05) is 0 Å². The van der Waals surface area contributed by atoms with Crippen LogP contribution in [0.3, 0.4) is 0 Å². The molecule has 0 spiro atoms. The van der Waals surface area contributed by atoms with Gasteiger partial charge in [-0.1, -0.05) is 80.6 Å². The van der Waals surface area contributed by atoms with Crippen molar-refractivity contribution in [2.45, 2.75) is 19.3 Å². The molecule has 0 atom stereocenters. The molecule has 0 amide bonds. The van der Waals surface area contributed by atoms with Gasteiger partial charge in [0.2, 0.25) is 0 Å². The second-order valence-electron chi connectivity index (χ2n) is 9.64. The van der Waals surface area contributed by atoms with Crippen molar-refractivity contribution in [3.63, 3.8) is 0 Å². The molecule has 0 radical (unpaired) electrons. The Labute approximate surface area is 198 Å². The summed E-state index contributed by atoms with van der Waals surface area (Å²) in [6.07, 6.45) is 1.84. The number of benzene rings is 4. The molecule has 2 heteroatoms. The van der Waals surface area contributed by atoms with E-state index in [1.54, 1.807) is 0 Å². The molecule has 0 aliphatic heterocycles. The summed E-state index contributed by atoms with van der Waals surface area (Å²) in [4.78, 5) is 4.49. The third-order valence-corrected chi connectivity index (χ3v) is 7.33. The molecule has 2 heterocycles. The highest BCUT2D eigenvalue weighted by molar-refractivity contribution is 6.08. The van der Waals surface area contributed by atoms with E-state index in [0.717, 1.165) is 22.4 Å². The Bertz CT molecular complexity index is 1710. The van der Waals surface area contributed by atoms with E-state index in [9.17, 15) is 0 Å². The molecule has 0 fully saturated rings.